The molecule has 3 rings (SSSR count). The van der Waals surface area contributed by atoms with E-state index in [0.29, 0.717) is 40.6 Å². The van der Waals surface area contributed by atoms with Crippen molar-refractivity contribution in [1.29, 1.82) is 0 Å². The minimum atomic E-state index is -0.503. The van der Waals surface area contributed by atoms with Crippen LogP contribution in [0.5, 0.6) is 0 Å². The van der Waals surface area contributed by atoms with Crippen LogP contribution in [0.1, 0.15) is 51.6 Å². The first-order valence-electron chi connectivity index (χ1n) is 10.8. The number of rotatable bonds is 9. The van der Waals surface area contributed by atoms with E-state index in [1.165, 1.54) is 11.3 Å². The number of amides is 2. The molecule has 2 amide bonds. The van der Waals surface area contributed by atoms with E-state index in [1.54, 1.807) is 49.9 Å². The van der Waals surface area contributed by atoms with Crippen molar-refractivity contribution in [3.8, 4) is 0 Å². The zero-order chi connectivity index (χ0) is 23.8. The van der Waals surface area contributed by atoms with Crippen LogP contribution in [0, 0.1) is 6.92 Å². The summed E-state index contributed by atoms with van der Waals surface area (Å²) in [4.78, 5) is 44.3. The Bertz CT molecular complexity index is 1130. The third kappa shape index (κ3) is 6.26. The number of nitrogens with one attached hydrogen (secondary N) is 1. The summed E-state index contributed by atoms with van der Waals surface area (Å²) in [5, 5.41) is 3.21. The van der Waals surface area contributed by atoms with Crippen LogP contribution in [0.15, 0.2) is 54.6 Å². The lowest BCUT2D eigenvalue weighted by atomic mass is 10.1. The summed E-state index contributed by atoms with van der Waals surface area (Å²) in [7, 11) is 0. The van der Waals surface area contributed by atoms with Crippen LogP contribution in [0.4, 0.5) is 10.8 Å². The maximum absolute atomic E-state index is 13.6. The molecule has 3 aromatic rings. The van der Waals surface area contributed by atoms with Crippen molar-refractivity contribution in [2.75, 3.05) is 23.4 Å². The highest BCUT2D eigenvalue weighted by atomic mass is 32.1. The fourth-order valence-corrected chi connectivity index (χ4v) is 4.11. The van der Waals surface area contributed by atoms with E-state index in [1.807, 2.05) is 30.3 Å². The third-order valence-electron chi connectivity index (χ3n) is 4.91. The van der Waals surface area contributed by atoms with Gasteiger partial charge >= 0.3 is 5.97 Å². The van der Waals surface area contributed by atoms with Crippen molar-refractivity contribution < 1.29 is 19.1 Å². The number of thiazole rings is 1. The monoisotopic (exact) mass is 465 g/mol. The Hall–Kier alpha value is -3.52. The molecule has 0 atom stereocenters. The zero-order valence-corrected chi connectivity index (χ0v) is 19.8. The van der Waals surface area contributed by atoms with Crippen molar-refractivity contribution in [3.05, 3.63) is 76.3 Å². The third-order valence-corrected chi connectivity index (χ3v) is 5.91. The van der Waals surface area contributed by atoms with Crippen molar-refractivity contribution >= 4 is 39.9 Å². The Morgan fingerprint density at radius 2 is 1.82 bits per heavy atom. The molecule has 1 N–H and O–H groups in total. The number of esters is 1. The largest absolute Gasteiger partial charge is 0.461 e. The molecule has 0 fully saturated rings. The highest BCUT2D eigenvalue weighted by molar-refractivity contribution is 7.16. The minimum absolute atomic E-state index is 0.129. The van der Waals surface area contributed by atoms with Crippen LogP contribution in [-0.4, -0.2) is 35.9 Å². The van der Waals surface area contributed by atoms with Crippen LogP contribution in [-0.2, 0) is 16.0 Å². The van der Waals surface area contributed by atoms with E-state index in [-0.39, 0.29) is 24.1 Å². The molecular weight excluding hydrogens is 438 g/mol. The topological polar surface area (TPSA) is 88.6 Å². The number of benzene rings is 2. The van der Waals surface area contributed by atoms with Crippen LogP contribution in [0.3, 0.4) is 0 Å². The van der Waals surface area contributed by atoms with Crippen LogP contribution >= 0.6 is 11.3 Å². The second-order valence-corrected chi connectivity index (χ2v) is 8.48. The lowest BCUT2D eigenvalue weighted by molar-refractivity contribution is -0.115. The second kappa shape index (κ2) is 11.4. The number of aryl methyl sites for hydroxylation is 1. The fraction of sp³-hybridized carbons (Fsp3) is 0.280. The smallest absolute Gasteiger partial charge is 0.358 e. The Labute approximate surface area is 197 Å². The number of anilines is 2. The molecule has 0 saturated carbocycles. The van der Waals surface area contributed by atoms with Gasteiger partial charge in [-0.2, -0.15) is 0 Å². The number of carbonyl (C=O) groups is 3. The van der Waals surface area contributed by atoms with Gasteiger partial charge in [0.15, 0.2) is 10.8 Å². The van der Waals surface area contributed by atoms with Gasteiger partial charge in [-0.25, -0.2) is 9.78 Å². The van der Waals surface area contributed by atoms with Gasteiger partial charge in [-0.05, 0) is 44.0 Å². The van der Waals surface area contributed by atoms with Gasteiger partial charge in [-0.3, -0.25) is 14.5 Å². The SMILES string of the molecule is CCOC(=O)c1nc(N(CCc2ccccc2)C(=O)c2cccc(NC(=O)CC)c2)sc1C. The molecule has 1 aromatic heterocycles. The van der Waals surface area contributed by atoms with Crippen molar-refractivity contribution in [2.45, 2.75) is 33.6 Å². The molecule has 7 nitrogen and oxygen atoms in total. The average Bonchev–Trinajstić information content (AvgIpc) is 3.21. The first kappa shape index (κ1) is 24.1. The quantitative estimate of drug-likeness (QED) is 0.456. The van der Waals surface area contributed by atoms with Gasteiger partial charge in [0.1, 0.15) is 0 Å². The van der Waals surface area contributed by atoms with Gasteiger partial charge < -0.3 is 10.1 Å². The summed E-state index contributed by atoms with van der Waals surface area (Å²) >= 11 is 1.28. The van der Waals surface area contributed by atoms with E-state index in [0.717, 1.165) is 5.56 Å². The molecule has 0 aliphatic rings. The summed E-state index contributed by atoms with van der Waals surface area (Å²) in [6.45, 7) is 5.91. The van der Waals surface area contributed by atoms with Gasteiger partial charge in [0.25, 0.3) is 5.91 Å². The number of carbonyl (C=O) groups excluding carboxylic acids is 3. The highest BCUT2D eigenvalue weighted by Gasteiger charge is 2.25. The Balaban J connectivity index is 1.92. The maximum atomic E-state index is 13.6. The molecule has 2 aromatic carbocycles. The Morgan fingerprint density at radius 1 is 1.06 bits per heavy atom. The zero-order valence-electron chi connectivity index (χ0n) is 19.0. The normalized spacial score (nSPS) is 10.5. The van der Waals surface area contributed by atoms with E-state index in [9.17, 15) is 14.4 Å². The van der Waals surface area contributed by atoms with Crippen molar-refractivity contribution in [3.63, 3.8) is 0 Å². The van der Waals surface area contributed by atoms with Crippen LogP contribution in [0.2, 0.25) is 0 Å². The molecule has 0 aliphatic carbocycles. The maximum Gasteiger partial charge on any atom is 0.358 e. The summed E-state index contributed by atoms with van der Waals surface area (Å²) < 4.78 is 5.10. The Morgan fingerprint density at radius 3 is 2.52 bits per heavy atom. The number of hydrogen-bond acceptors (Lipinski definition) is 6. The lowest BCUT2D eigenvalue weighted by Gasteiger charge is -2.20. The first-order chi connectivity index (χ1) is 15.9. The molecule has 172 valence electrons. The molecule has 0 spiro atoms. The summed E-state index contributed by atoms with van der Waals surface area (Å²) in [6, 6.07) is 16.7. The molecule has 1 heterocycles. The molecule has 0 unspecified atom stereocenters. The average molecular weight is 466 g/mol. The second-order valence-electron chi connectivity index (χ2n) is 7.30. The van der Waals surface area contributed by atoms with Gasteiger partial charge in [-0.1, -0.05) is 43.3 Å². The summed E-state index contributed by atoms with van der Waals surface area (Å²) in [5.41, 5.74) is 2.28. The summed E-state index contributed by atoms with van der Waals surface area (Å²) in [5.74, 6) is -0.893. The lowest BCUT2D eigenvalue weighted by Crippen LogP contribution is -2.33. The van der Waals surface area contributed by atoms with Gasteiger partial charge in [0.2, 0.25) is 5.91 Å². The molecule has 0 saturated heterocycles. The standard InChI is InChI=1S/C25H27N3O4S/c1-4-21(29)26-20-13-9-12-19(16-20)23(30)28(15-14-18-10-7-6-8-11-18)25-27-22(17(3)33-25)24(31)32-5-2/h6-13,16H,4-5,14-15H2,1-3H3,(H,26,29). The number of nitrogens with zero attached hydrogens (tertiary/aromatic N) is 2. The number of hydrogen-bond donors (Lipinski definition) is 1. The van der Waals surface area contributed by atoms with Crippen molar-refractivity contribution in [1.82, 2.24) is 4.98 Å². The molecular formula is C25H27N3O4S. The van der Waals surface area contributed by atoms with E-state index in [2.05, 4.69) is 10.3 Å². The van der Waals surface area contributed by atoms with E-state index >= 15 is 0 Å². The molecule has 8 heteroatoms. The van der Waals surface area contributed by atoms with Crippen molar-refractivity contribution in [2.24, 2.45) is 0 Å². The molecule has 0 bridgehead atoms. The number of aromatic nitrogens is 1. The van der Waals surface area contributed by atoms with Gasteiger partial charge in [0, 0.05) is 29.1 Å². The molecule has 0 aliphatic heterocycles. The van der Waals surface area contributed by atoms with Crippen LogP contribution in [0.25, 0.3) is 0 Å². The Kier molecular flexibility index (Phi) is 8.32. The fourth-order valence-electron chi connectivity index (χ4n) is 3.19. The summed E-state index contributed by atoms with van der Waals surface area (Å²) in [6.07, 6.45) is 0.961. The van der Waals surface area contributed by atoms with E-state index < -0.39 is 5.97 Å². The van der Waals surface area contributed by atoms with E-state index in [4.69, 9.17) is 4.74 Å². The first-order valence-corrected chi connectivity index (χ1v) is 11.6. The predicted molar refractivity (Wildman–Crippen MR) is 130 cm³/mol. The predicted octanol–water partition coefficient (Wildman–Crippen LogP) is 4.87. The van der Waals surface area contributed by atoms with Gasteiger partial charge in [0.05, 0.1) is 6.61 Å². The van der Waals surface area contributed by atoms with Gasteiger partial charge in [-0.15, -0.1) is 11.3 Å². The molecule has 0 radical (unpaired) electrons. The molecule has 33 heavy (non-hydrogen) atoms. The van der Waals surface area contributed by atoms with Crippen LogP contribution < -0.4 is 10.2 Å². The highest BCUT2D eigenvalue weighted by Crippen LogP contribution is 2.28. The number of ether oxygens (including phenoxy) is 1. The minimum Gasteiger partial charge on any atom is -0.461 e.